The Labute approximate surface area is 86.3 Å². The van der Waals surface area contributed by atoms with Crippen molar-refractivity contribution in [3.63, 3.8) is 0 Å². The fraction of sp³-hybridized carbons (Fsp3) is 0.143. The molecule has 1 aromatic rings. The van der Waals surface area contributed by atoms with Crippen LogP contribution in [0.5, 0.6) is 0 Å². The van der Waals surface area contributed by atoms with Gasteiger partial charge in [0, 0.05) is 0 Å². The molecule has 0 aromatic heterocycles. The second-order valence-corrected chi connectivity index (χ2v) is 3.17. The molecule has 0 aliphatic carbocycles. The molecule has 0 aliphatic rings. The summed E-state index contributed by atoms with van der Waals surface area (Å²) < 4.78 is 0. The zero-order valence-corrected chi connectivity index (χ0v) is 8.83. The summed E-state index contributed by atoms with van der Waals surface area (Å²) in [6, 6.07) is 8.36. The van der Waals surface area contributed by atoms with Gasteiger partial charge in [0.1, 0.15) is 0 Å². The fourth-order valence-corrected chi connectivity index (χ4v) is 1.44. The molecule has 1 rings (SSSR count). The second kappa shape index (κ2) is 5.23. The van der Waals surface area contributed by atoms with Crippen molar-refractivity contribution < 1.29 is 0 Å². The number of hydrogen-bond acceptors (Lipinski definition) is 0. The Morgan fingerprint density at radius 3 is 2.57 bits per heavy atom. The second-order valence-electron chi connectivity index (χ2n) is 3.17. The molecule has 0 fully saturated rings. The summed E-state index contributed by atoms with van der Waals surface area (Å²) in [7, 11) is 0. The van der Waals surface area contributed by atoms with Gasteiger partial charge in [-0.1, -0.05) is 55.1 Å². The average molecular weight is 184 g/mol. The van der Waals surface area contributed by atoms with Crippen molar-refractivity contribution in [2.75, 3.05) is 0 Å². The zero-order chi connectivity index (χ0) is 10.4. The van der Waals surface area contributed by atoms with Gasteiger partial charge in [0.05, 0.1) is 0 Å². The Balaban J connectivity index is 3.18. The zero-order valence-electron chi connectivity index (χ0n) is 8.83. The van der Waals surface area contributed by atoms with E-state index in [1.165, 1.54) is 16.7 Å². The lowest BCUT2D eigenvalue weighted by Gasteiger charge is -2.05. The molecule has 0 spiro atoms. The summed E-state index contributed by atoms with van der Waals surface area (Å²) in [6.45, 7) is 7.87. The molecule has 14 heavy (non-hydrogen) atoms. The highest BCUT2D eigenvalue weighted by Crippen LogP contribution is 2.19. The van der Waals surface area contributed by atoms with Gasteiger partial charge < -0.3 is 0 Å². The topological polar surface area (TPSA) is 0 Å². The van der Waals surface area contributed by atoms with E-state index in [4.69, 9.17) is 0 Å². The summed E-state index contributed by atoms with van der Waals surface area (Å²) in [5.41, 5.74) is 3.77. The molecule has 0 atom stereocenters. The van der Waals surface area contributed by atoms with Gasteiger partial charge in [0.2, 0.25) is 0 Å². The molecule has 1 aromatic carbocycles. The van der Waals surface area contributed by atoms with Crippen molar-refractivity contribution in [2.24, 2.45) is 0 Å². The van der Waals surface area contributed by atoms with Crippen molar-refractivity contribution in [2.45, 2.75) is 13.8 Å². The van der Waals surface area contributed by atoms with Crippen molar-refractivity contribution >= 4 is 5.57 Å². The summed E-state index contributed by atoms with van der Waals surface area (Å²) in [5.74, 6) is 0. The lowest BCUT2D eigenvalue weighted by Crippen LogP contribution is -1.85. The highest BCUT2D eigenvalue weighted by molar-refractivity contribution is 5.76. The molecule has 0 aliphatic heterocycles. The fourth-order valence-electron chi connectivity index (χ4n) is 1.44. The Bertz CT molecular complexity index is 367. The third-order valence-electron chi connectivity index (χ3n) is 2.10. The normalized spacial score (nSPS) is 12.0. The van der Waals surface area contributed by atoms with E-state index in [0.717, 1.165) is 0 Å². The molecule has 0 radical (unpaired) electrons. The molecular weight excluding hydrogens is 168 g/mol. The van der Waals surface area contributed by atoms with E-state index < -0.39 is 0 Å². The van der Waals surface area contributed by atoms with Crippen LogP contribution in [0.3, 0.4) is 0 Å². The van der Waals surface area contributed by atoms with Crippen LogP contribution in [0.15, 0.2) is 55.1 Å². The molecule has 0 heterocycles. The van der Waals surface area contributed by atoms with Crippen LogP contribution in [0, 0.1) is 6.92 Å². The summed E-state index contributed by atoms with van der Waals surface area (Å²) >= 11 is 0. The summed E-state index contributed by atoms with van der Waals surface area (Å²) in [5, 5.41) is 0. The number of aryl methyl sites for hydroxylation is 1. The first-order valence-corrected chi connectivity index (χ1v) is 4.81. The summed E-state index contributed by atoms with van der Waals surface area (Å²) in [4.78, 5) is 0. The maximum atomic E-state index is 3.73. The van der Waals surface area contributed by atoms with Gasteiger partial charge in [-0.05, 0) is 30.5 Å². The average Bonchev–Trinajstić information content (AvgIpc) is 2.18. The molecule has 0 saturated heterocycles. The van der Waals surface area contributed by atoms with Gasteiger partial charge in [-0.25, -0.2) is 0 Å². The standard InChI is InChI=1S/C14H16/c1-4-8-13(9-5-2)14-11-7-6-10-12(14)3/h4-11H,1H2,2-3H3/b9-5-,13-8+. The number of rotatable bonds is 3. The van der Waals surface area contributed by atoms with Gasteiger partial charge in [-0.2, -0.15) is 0 Å². The van der Waals surface area contributed by atoms with E-state index in [1.807, 2.05) is 25.2 Å². The first-order chi connectivity index (χ1) is 6.79. The van der Waals surface area contributed by atoms with Gasteiger partial charge in [0.15, 0.2) is 0 Å². The van der Waals surface area contributed by atoms with Crippen LogP contribution in [0.4, 0.5) is 0 Å². The molecular formula is C14H16. The first-order valence-electron chi connectivity index (χ1n) is 4.81. The van der Waals surface area contributed by atoms with Crippen LogP contribution in [0.2, 0.25) is 0 Å². The van der Waals surface area contributed by atoms with E-state index in [1.54, 1.807) is 0 Å². The molecule has 0 nitrogen and oxygen atoms in total. The number of allylic oxidation sites excluding steroid dienone is 5. The van der Waals surface area contributed by atoms with Crippen LogP contribution in [-0.2, 0) is 0 Å². The Hall–Kier alpha value is -1.56. The van der Waals surface area contributed by atoms with E-state index in [-0.39, 0.29) is 0 Å². The van der Waals surface area contributed by atoms with Crippen LogP contribution < -0.4 is 0 Å². The lowest BCUT2D eigenvalue weighted by molar-refractivity contribution is 1.43. The Morgan fingerprint density at radius 2 is 2.00 bits per heavy atom. The molecule has 0 unspecified atom stereocenters. The highest BCUT2D eigenvalue weighted by atomic mass is 14.0. The van der Waals surface area contributed by atoms with Crippen LogP contribution in [0.1, 0.15) is 18.1 Å². The van der Waals surface area contributed by atoms with E-state index >= 15 is 0 Å². The molecule has 0 saturated carbocycles. The van der Waals surface area contributed by atoms with E-state index in [9.17, 15) is 0 Å². The van der Waals surface area contributed by atoms with Gasteiger partial charge >= 0.3 is 0 Å². The van der Waals surface area contributed by atoms with E-state index in [2.05, 4.69) is 43.8 Å². The molecule has 72 valence electrons. The lowest BCUT2D eigenvalue weighted by atomic mass is 10.00. The minimum atomic E-state index is 1.21. The third kappa shape index (κ3) is 2.46. The molecule has 0 bridgehead atoms. The number of hydrogen-bond donors (Lipinski definition) is 0. The van der Waals surface area contributed by atoms with Crippen molar-refractivity contribution in [3.05, 3.63) is 66.3 Å². The van der Waals surface area contributed by atoms with Crippen LogP contribution >= 0.6 is 0 Å². The SMILES string of the molecule is C=C/C=C(\C=C/C)c1ccccc1C. The number of benzene rings is 1. The Kier molecular flexibility index (Phi) is 3.93. The van der Waals surface area contributed by atoms with Crippen molar-refractivity contribution in [3.8, 4) is 0 Å². The van der Waals surface area contributed by atoms with Crippen molar-refractivity contribution in [1.29, 1.82) is 0 Å². The molecule has 0 N–H and O–H groups in total. The minimum absolute atomic E-state index is 1.21. The van der Waals surface area contributed by atoms with Gasteiger partial charge in [0.25, 0.3) is 0 Å². The predicted molar refractivity (Wildman–Crippen MR) is 64.2 cm³/mol. The highest BCUT2D eigenvalue weighted by Gasteiger charge is 1.98. The third-order valence-corrected chi connectivity index (χ3v) is 2.10. The largest absolute Gasteiger partial charge is 0.0990 e. The summed E-state index contributed by atoms with van der Waals surface area (Å²) in [6.07, 6.45) is 8.00. The Morgan fingerprint density at radius 1 is 1.29 bits per heavy atom. The first kappa shape index (κ1) is 10.5. The van der Waals surface area contributed by atoms with Crippen LogP contribution in [-0.4, -0.2) is 0 Å². The van der Waals surface area contributed by atoms with Gasteiger partial charge in [-0.3, -0.25) is 0 Å². The van der Waals surface area contributed by atoms with Crippen molar-refractivity contribution in [1.82, 2.24) is 0 Å². The van der Waals surface area contributed by atoms with Gasteiger partial charge in [-0.15, -0.1) is 0 Å². The molecule has 0 amide bonds. The maximum Gasteiger partial charge on any atom is -0.0155 e. The monoisotopic (exact) mass is 184 g/mol. The molecule has 0 heteroatoms. The quantitative estimate of drug-likeness (QED) is 0.619. The smallest absolute Gasteiger partial charge is 0.0155 e. The predicted octanol–water partition coefficient (Wildman–Crippen LogP) is 4.14. The maximum absolute atomic E-state index is 3.73. The van der Waals surface area contributed by atoms with Crippen LogP contribution in [0.25, 0.3) is 5.57 Å². The minimum Gasteiger partial charge on any atom is -0.0990 e. The van der Waals surface area contributed by atoms with E-state index in [0.29, 0.717) is 0 Å².